The van der Waals surface area contributed by atoms with Crippen LogP contribution in [0.15, 0.2) is 114 Å². The largest absolute Gasteiger partial charge is 0.484 e. The van der Waals surface area contributed by atoms with E-state index in [0.717, 1.165) is 48.8 Å². The molecule has 1 aromatic heterocycles. The molecule has 4 fully saturated rings. The maximum Gasteiger partial charge on any atom is 0.291 e. The maximum atomic E-state index is 14.1. The van der Waals surface area contributed by atoms with E-state index in [2.05, 4.69) is 52.3 Å². The number of aromatic nitrogens is 1. The summed E-state index contributed by atoms with van der Waals surface area (Å²) in [4.78, 5) is 70.3. The number of amides is 4. The third-order valence-electron chi connectivity index (χ3n) is 18.9. The first-order valence-electron chi connectivity index (χ1n) is 30.4. The van der Waals surface area contributed by atoms with Gasteiger partial charge in [-0.15, -0.1) is 0 Å². The van der Waals surface area contributed by atoms with Gasteiger partial charge in [0.2, 0.25) is 5.91 Å². The zero-order valence-electron chi connectivity index (χ0n) is 49.5. The Morgan fingerprint density at radius 1 is 0.612 bits per heavy atom. The minimum absolute atomic E-state index is 0.00341. The lowest BCUT2D eigenvalue weighted by Crippen LogP contribution is -2.62. The quantitative estimate of drug-likeness (QED) is 0.0240. The second kappa shape index (κ2) is 28.9. The van der Waals surface area contributed by atoms with Crippen LogP contribution in [-0.2, 0) is 29.4 Å². The van der Waals surface area contributed by atoms with Crippen molar-refractivity contribution >= 4 is 23.6 Å². The van der Waals surface area contributed by atoms with Crippen molar-refractivity contribution in [3.8, 4) is 17.2 Å². The Kier molecular flexibility index (Phi) is 21.2. The van der Waals surface area contributed by atoms with Crippen molar-refractivity contribution in [1.82, 2.24) is 31.6 Å². The van der Waals surface area contributed by atoms with Crippen LogP contribution in [-0.4, -0.2) is 115 Å². The molecule has 4 aromatic carbocycles. The highest BCUT2D eigenvalue weighted by Gasteiger charge is 2.65. The highest BCUT2D eigenvalue weighted by molar-refractivity contribution is 6.03. The van der Waals surface area contributed by atoms with E-state index in [1.807, 2.05) is 91.0 Å². The summed E-state index contributed by atoms with van der Waals surface area (Å²) in [6.07, 6.45) is 4.61. The van der Waals surface area contributed by atoms with E-state index in [0.29, 0.717) is 38.0 Å². The molecular weight excluding hydrogens is 1080 g/mol. The van der Waals surface area contributed by atoms with Gasteiger partial charge < -0.3 is 65.8 Å². The Hall–Kier alpha value is -7.09. The Bertz CT molecular complexity index is 3110. The van der Waals surface area contributed by atoms with E-state index in [4.69, 9.17) is 18.9 Å². The lowest BCUT2D eigenvalue weighted by atomic mass is 9.43. The van der Waals surface area contributed by atoms with Gasteiger partial charge in [-0.25, -0.2) is 0 Å². The third kappa shape index (κ3) is 14.9. The molecule has 0 aliphatic heterocycles. The van der Waals surface area contributed by atoms with Crippen molar-refractivity contribution in [2.45, 2.75) is 117 Å². The monoisotopic (exact) mass is 1170 g/mol. The predicted octanol–water partition coefficient (Wildman–Crippen LogP) is 7.02. The van der Waals surface area contributed by atoms with Gasteiger partial charge >= 0.3 is 0 Å². The molecular formula is C67H86N6O12. The average molecular weight is 1170 g/mol. The Morgan fingerprint density at radius 3 is 1.69 bits per heavy atom. The second-order valence-corrected chi connectivity index (χ2v) is 24.4. The number of aliphatic hydroxyl groups excluding tert-OH is 3. The minimum Gasteiger partial charge on any atom is -0.484 e. The van der Waals surface area contributed by atoms with Crippen LogP contribution in [0.25, 0.3) is 0 Å². The molecule has 11 atom stereocenters. The van der Waals surface area contributed by atoms with E-state index in [1.54, 1.807) is 13.0 Å². The van der Waals surface area contributed by atoms with Gasteiger partial charge in [-0.3, -0.25) is 24.0 Å². The average Bonchev–Trinajstić information content (AvgIpc) is 1.73. The number of carbonyl (C=O) groups is 4. The summed E-state index contributed by atoms with van der Waals surface area (Å²) in [5.74, 6) is -0.477. The summed E-state index contributed by atoms with van der Waals surface area (Å²) >= 11 is 0. The number of carbonyl (C=O) groups excluding carboxylic acids is 4. The molecule has 0 bridgehead atoms. The van der Waals surface area contributed by atoms with E-state index < -0.39 is 40.9 Å². The fourth-order valence-corrected chi connectivity index (χ4v) is 14.6. The number of benzene rings is 4. The summed E-state index contributed by atoms with van der Waals surface area (Å²) in [5, 5.41) is 49.1. The fourth-order valence-electron chi connectivity index (χ4n) is 14.6. The van der Waals surface area contributed by atoms with E-state index in [9.17, 15) is 39.3 Å². The summed E-state index contributed by atoms with van der Waals surface area (Å²) in [7, 11) is 0. The van der Waals surface area contributed by atoms with Crippen molar-refractivity contribution in [2.24, 2.45) is 46.3 Å². The Balaban J connectivity index is 0.758. The number of aromatic amines is 1. The minimum atomic E-state index is -0.527. The first kappa shape index (κ1) is 62.4. The van der Waals surface area contributed by atoms with Crippen LogP contribution < -0.4 is 46.4 Å². The second-order valence-electron chi connectivity index (χ2n) is 24.4. The van der Waals surface area contributed by atoms with Crippen molar-refractivity contribution < 1.29 is 53.4 Å². The summed E-state index contributed by atoms with van der Waals surface area (Å²) in [6.45, 7) is 10.5. The van der Waals surface area contributed by atoms with E-state index in [-0.39, 0.29) is 146 Å². The number of hydrogen-bond donors (Lipinski definition) is 9. The maximum absolute atomic E-state index is 14.1. The molecule has 1 heterocycles. The van der Waals surface area contributed by atoms with Crippen LogP contribution in [0.1, 0.15) is 126 Å². The number of aryl methyl sites for hydroxylation is 1. The highest BCUT2D eigenvalue weighted by Crippen LogP contribution is 2.68. The molecule has 4 aliphatic rings. The van der Waals surface area contributed by atoms with Crippen LogP contribution in [0.3, 0.4) is 0 Å². The van der Waals surface area contributed by atoms with Gasteiger partial charge in [-0.2, -0.15) is 0 Å². The predicted molar refractivity (Wildman–Crippen MR) is 322 cm³/mol. The van der Waals surface area contributed by atoms with E-state index in [1.165, 1.54) is 12.1 Å². The summed E-state index contributed by atoms with van der Waals surface area (Å²) in [5.41, 5.74) is 2.55. The molecule has 4 saturated carbocycles. The number of ether oxygens (including phenoxy) is 4. The molecule has 18 nitrogen and oxygen atoms in total. The first-order chi connectivity index (χ1) is 41.0. The van der Waals surface area contributed by atoms with Crippen LogP contribution in [0.5, 0.6) is 17.2 Å². The SMILES string of the molecule is Cc1cc(C(=O)NCCNCCNC(=O)c2ccc(C(=O)NCCOCCNC(=O)CC(C)C3CCC4C5C(C[C@@H](O)[C@@]34C)[C@]3(C)CC[C@H](O)CC3C[C@@H]5O)c(OCc3ccccc3)c2OCc2ccccc2)c(OCc2ccccc2)c(=O)[nH]1. The number of fused-ring (bicyclic) bond motifs is 5. The summed E-state index contributed by atoms with van der Waals surface area (Å²) < 4.78 is 24.5. The molecule has 9 rings (SSSR count). The van der Waals surface area contributed by atoms with E-state index >= 15 is 0 Å². The zero-order valence-corrected chi connectivity index (χ0v) is 49.5. The van der Waals surface area contributed by atoms with Gasteiger partial charge in [0.25, 0.3) is 23.3 Å². The lowest BCUT2D eigenvalue weighted by molar-refractivity contribution is -0.207. The molecule has 6 unspecified atom stereocenters. The third-order valence-corrected chi connectivity index (χ3v) is 18.9. The molecule has 18 heteroatoms. The standard InChI is InChI=1S/C67H86N6O12/c1-42(52-22-23-53-58-54(38-56(76)67(52,53)4)66(3)25-24-48(74)36-47(66)37-55(58)75)34-57(77)69-30-32-82-33-31-72-63(79)50-21-20-49(59(83-39-44-14-8-5-9-15-44)60(50)84-40-45-16-10-6-11-17-45)62(78)70-28-26-68-27-29-71-64(80)51-35-43(2)73-65(81)61(51)85-41-46-18-12-7-13-19-46/h5-21,35,42,47-48,52-56,58,68,74-76H,22-34,36-41H2,1-4H3,(H,69,77)(H,70,78)(H,71,80)(H,72,79)(H,73,81)/t42?,47?,48-,52?,53?,54?,55-,56+,58?,66+,67-/m0/s1. The topological polar surface area (TPSA) is 259 Å². The number of pyridine rings is 1. The number of rotatable bonds is 27. The molecule has 85 heavy (non-hydrogen) atoms. The van der Waals surface area contributed by atoms with Gasteiger partial charge in [-0.1, -0.05) is 112 Å². The van der Waals surface area contributed by atoms with Crippen LogP contribution in [0.2, 0.25) is 0 Å². The van der Waals surface area contributed by atoms with Gasteiger partial charge in [0, 0.05) is 51.4 Å². The van der Waals surface area contributed by atoms with Crippen LogP contribution in [0.4, 0.5) is 0 Å². The number of aliphatic hydroxyl groups is 3. The van der Waals surface area contributed by atoms with Crippen LogP contribution >= 0.6 is 0 Å². The molecule has 456 valence electrons. The molecule has 5 aromatic rings. The van der Waals surface area contributed by atoms with Gasteiger partial charge in [0.05, 0.1) is 48.2 Å². The Labute approximate surface area is 498 Å². The molecule has 4 aliphatic carbocycles. The zero-order chi connectivity index (χ0) is 60.1. The van der Waals surface area contributed by atoms with Crippen molar-refractivity contribution in [3.63, 3.8) is 0 Å². The van der Waals surface area contributed by atoms with Gasteiger partial charge in [0.1, 0.15) is 19.8 Å². The normalized spacial score (nSPS) is 25.3. The Morgan fingerprint density at radius 2 is 1.13 bits per heavy atom. The first-order valence-corrected chi connectivity index (χ1v) is 30.4. The smallest absolute Gasteiger partial charge is 0.291 e. The molecule has 0 spiro atoms. The van der Waals surface area contributed by atoms with Gasteiger partial charge in [0.15, 0.2) is 17.2 Å². The molecule has 0 radical (unpaired) electrons. The number of H-pyrrole nitrogens is 1. The number of nitrogens with one attached hydrogen (secondary N) is 6. The van der Waals surface area contributed by atoms with Crippen molar-refractivity contribution in [2.75, 3.05) is 52.5 Å². The highest BCUT2D eigenvalue weighted by atomic mass is 16.5. The van der Waals surface area contributed by atoms with Crippen molar-refractivity contribution in [1.29, 1.82) is 0 Å². The van der Waals surface area contributed by atoms with Gasteiger partial charge in [-0.05, 0) is 133 Å². The molecule has 4 amide bonds. The molecule has 9 N–H and O–H groups in total. The van der Waals surface area contributed by atoms with Crippen LogP contribution in [0, 0.1) is 53.3 Å². The summed E-state index contributed by atoms with van der Waals surface area (Å²) in [6, 6.07) is 32.9. The lowest BCUT2D eigenvalue weighted by Gasteiger charge is -2.63. The number of hydrogen-bond acceptors (Lipinski definition) is 13. The van der Waals surface area contributed by atoms with Crippen molar-refractivity contribution in [3.05, 3.63) is 159 Å². The molecule has 0 saturated heterocycles. The fraction of sp³-hybridized carbons (Fsp3) is 0.507.